The number of methoxy groups -OCH3 is 1. The highest BCUT2D eigenvalue weighted by molar-refractivity contribution is 5.79. The summed E-state index contributed by atoms with van der Waals surface area (Å²) >= 11 is 0. The molecule has 2 aliphatic carbocycles. The molecule has 53 heavy (non-hydrogen) atoms. The Balaban J connectivity index is 1.11. The fourth-order valence-electron chi connectivity index (χ4n) is 11.4. The van der Waals surface area contributed by atoms with Crippen molar-refractivity contribution in [3.63, 3.8) is 0 Å². The summed E-state index contributed by atoms with van der Waals surface area (Å²) in [4.78, 5) is 27.2. The van der Waals surface area contributed by atoms with E-state index < -0.39 is 36.6 Å². The van der Waals surface area contributed by atoms with E-state index in [0.29, 0.717) is 44.9 Å². The molecule has 5 aliphatic heterocycles. The van der Waals surface area contributed by atoms with Gasteiger partial charge >= 0.3 is 0 Å². The van der Waals surface area contributed by atoms with Gasteiger partial charge in [0.25, 0.3) is 0 Å². The normalized spacial score (nSPS) is 47.7. The summed E-state index contributed by atoms with van der Waals surface area (Å²) in [5.41, 5.74) is 2.06. The van der Waals surface area contributed by atoms with Crippen molar-refractivity contribution in [2.75, 3.05) is 13.7 Å². The molecule has 7 rings (SSSR count). The molecule has 4 N–H and O–H groups in total. The highest BCUT2D eigenvalue weighted by atomic mass is 16.6. The van der Waals surface area contributed by atoms with Gasteiger partial charge in [-0.2, -0.15) is 0 Å². The van der Waals surface area contributed by atoms with E-state index >= 15 is 0 Å². The number of aliphatic hydroxyl groups is 4. The van der Waals surface area contributed by atoms with E-state index in [0.717, 1.165) is 43.3 Å². The third-order valence-corrected chi connectivity index (χ3v) is 14.3. The monoisotopic (exact) mass is 744 g/mol. The van der Waals surface area contributed by atoms with E-state index in [-0.39, 0.29) is 110 Å². The molecule has 0 aromatic carbocycles. The van der Waals surface area contributed by atoms with Crippen LogP contribution in [-0.2, 0) is 33.3 Å². The van der Waals surface area contributed by atoms with Crippen LogP contribution < -0.4 is 0 Å². The lowest BCUT2D eigenvalue weighted by atomic mass is 9.69. The van der Waals surface area contributed by atoms with Crippen molar-refractivity contribution in [1.82, 2.24) is 0 Å². The molecule has 11 heteroatoms. The van der Waals surface area contributed by atoms with Crippen molar-refractivity contribution in [3.8, 4) is 0 Å². The highest BCUT2D eigenvalue weighted by Crippen LogP contribution is 2.50. The van der Waals surface area contributed by atoms with Crippen molar-refractivity contribution in [2.45, 2.75) is 176 Å². The Morgan fingerprint density at radius 1 is 0.774 bits per heavy atom. The molecule has 7 aliphatic rings. The first-order chi connectivity index (χ1) is 25.4. The van der Waals surface area contributed by atoms with Crippen LogP contribution in [0.25, 0.3) is 0 Å². The van der Waals surface area contributed by atoms with Gasteiger partial charge in [-0.05, 0) is 86.7 Å². The molecule has 0 radical (unpaired) electrons. The van der Waals surface area contributed by atoms with Gasteiger partial charge in [-0.15, -0.1) is 0 Å². The molecule has 0 amide bonds. The van der Waals surface area contributed by atoms with Gasteiger partial charge in [0, 0.05) is 63.4 Å². The van der Waals surface area contributed by atoms with Gasteiger partial charge in [-0.25, -0.2) is 0 Å². The SMILES string of the molecule is C=C1CC2CCC(=O)C[C@H]3CC4C(O)[C@H]5CC(CCC5O[C@H]4C3O)CC(=O)CC3[C@@H](OC)C(CC(O)CO)O[C@H]3C[C@H]3O[C@@H](CCC1O2)C[C@@H](C)C3=C. The average Bonchev–Trinajstić information content (AvgIpc) is 3.76. The van der Waals surface area contributed by atoms with Gasteiger partial charge in [0.1, 0.15) is 11.6 Å². The van der Waals surface area contributed by atoms with Crippen LogP contribution >= 0.6 is 0 Å². The minimum absolute atomic E-state index is 0.00910. The van der Waals surface area contributed by atoms with Gasteiger partial charge < -0.3 is 44.1 Å². The second-order valence-corrected chi connectivity index (χ2v) is 17.9. The zero-order chi connectivity index (χ0) is 37.6. The van der Waals surface area contributed by atoms with Crippen LogP contribution in [0.15, 0.2) is 24.3 Å². The van der Waals surface area contributed by atoms with Gasteiger partial charge in [-0.1, -0.05) is 20.1 Å². The first-order valence-electron chi connectivity index (χ1n) is 20.6. The van der Waals surface area contributed by atoms with Crippen LogP contribution in [0.4, 0.5) is 0 Å². The van der Waals surface area contributed by atoms with Crippen molar-refractivity contribution >= 4 is 11.6 Å². The molecule has 0 aromatic heterocycles. The van der Waals surface area contributed by atoms with Gasteiger partial charge in [0.05, 0.1) is 79.9 Å². The molecule has 5 saturated heterocycles. The second-order valence-electron chi connectivity index (χ2n) is 17.9. The summed E-state index contributed by atoms with van der Waals surface area (Å²) < 4.78 is 32.3. The molecule has 2 saturated carbocycles. The molecular weight excluding hydrogens is 680 g/mol. The standard InChI is InChI=1S/C42H64O11/c1-21-11-30-8-10-34-22(2)12-29(50-34)7-6-26(44)15-25-16-33-40(48)31-14-24(5-9-35(31)53-42(33)39(25)47)13-27(45)17-32-37(19-36(51-30)23(21)3)52-38(41(32)49-4)18-28(46)20-43/h21,24-25,28-43,46-48H,2-3,5-20H2,1,4H3/t21-,24?,25+,28?,29?,30+,31+,32?,33?,34?,35?,36-,37+,38?,39?,40?,41-,42-/m1/s1. The number of hydrogen-bond acceptors (Lipinski definition) is 11. The maximum absolute atomic E-state index is 14.0. The quantitative estimate of drug-likeness (QED) is 0.308. The number of ether oxygens (including phenoxy) is 5. The molecule has 7 fully saturated rings. The molecule has 0 spiro atoms. The summed E-state index contributed by atoms with van der Waals surface area (Å²) in [6.07, 6.45) is 3.69. The Labute approximate surface area is 314 Å². The molecule has 11 nitrogen and oxygen atoms in total. The summed E-state index contributed by atoms with van der Waals surface area (Å²) in [5, 5.41) is 43.0. The molecule has 298 valence electrons. The fourth-order valence-corrected chi connectivity index (χ4v) is 11.4. The molecule has 8 bridgehead atoms. The fraction of sp³-hybridized carbons (Fsp3) is 0.857. The zero-order valence-electron chi connectivity index (χ0n) is 31.8. The minimum Gasteiger partial charge on any atom is -0.394 e. The number of carbonyl (C=O) groups is 2. The summed E-state index contributed by atoms with van der Waals surface area (Å²) in [6.45, 7) is 10.6. The first-order valence-corrected chi connectivity index (χ1v) is 20.6. The molecule has 10 unspecified atom stereocenters. The summed E-state index contributed by atoms with van der Waals surface area (Å²) in [7, 11) is 1.62. The van der Waals surface area contributed by atoms with Crippen LogP contribution in [0.5, 0.6) is 0 Å². The second kappa shape index (κ2) is 16.9. The van der Waals surface area contributed by atoms with E-state index in [1.165, 1.54) is 0 Å². The number of aliphatic hydroxyl groups excluding tert-OH is 4. The van der Waals surface area contributed by atoms with E-state index in [9.17, 15) is 30.0 Å². The predicted molar refractivity (Wildman–Crippen MR) is 195 cm³/mol. The van der Waals surface area contributed by atoms with Gasteiger partial charge in [-0.3, -0.25) is 9.59 Å². The zero-order valence-corrected chi connectivity index (χ0v) is 31.8. The predicted octanol–water partition coefficient (Wildman–Crippen LogP) is 4.01. The smallest absolute Gasteiger partial charge is 0.133 e. The number of rotatable bonds is 4. The topological polar surface area (TPSA) is 161 Å². The maximum Gasteiger partial charge on any atom is 0.133 e. The third kappa shape index (κ3) is 8.59. The summed E-state index contributed by atoms with van der Waals surface area (Å²) in [6, 6.07) is 0. The molecule has 5 heterocycles. The number of hydrogen-bond donors (Lipinski definition) is 4. The Bertz CT molecular complexity index is 1340. The van der Waals surface area contributed by atoms with Crippen LogP contribution in [0.1, 0.15) is 103 Å². The van der Waals surface area contributed by atoms with Gasteiger partial charge in [0.2, 0.25) is 0 Å². The van der Waals surface area contributed by atoms with Gasteiger partial charge in [0.15, 0.2) is 0 Å². The molecular formula is C42H64O11. The number of carbonyl (C=O) groups excluding carboxylic acids is 2. The van der Waals surface area contributed by atoms with Crippen molar-refractivity contribution in [1.29, 1.82) is 0 Å². The Kier molecular flexibility index (Phi) is 12.7. The van der Waals surface area contributed by atoms with Crippen molar-refractivity contribution in [3.05, 3.63) is 24.3 Å². The van der Waals surface area contributed by atoms with Crippen LogP contribution in [-0.4, -0.2) is 119 Å². The largest absolute Gasteiger partial charge is 0.394 e. The first kappa shape index (κ1) is 39.7. The summed E-state index contributed by atoms with van der Waals surface area (Å²) in [5.74, 6) is -0.314. The number of ketones is 2. The van der Waals surface area contributed by atoms with Crippen LogP contribution in [0, 0.1) is 35.5 Å². The lowest BCUT2D eigenvalue weighted by Gasteiger charge is -2.47. The Hall–Kier alpha value is -1.54. The van der Waals surface area contributed by atoms with Crippen molar-refractivity contribution in [2.24, 2.45) is 35.5 Å². The van der Waals surface area contributed by atoms with E-state index in [1.54, 1.807) is 7.11 Å². The average molecular weight is 745 g/mol. The van der Waals surface area contributed by atoms with E-state index in [1.807, 2.05) is 0 Å². The molecule has 0 aromatic rings. The third-order valence-electron chi connectivity index (χ3n) is 14.3. The van der Waals surface area contributed by atoms with E-state index in [2.05, 4.69) is 20.1 Å². The van der Waals surface area contributed by atoms with E-state index in [4.69, 9.17) is 23.7 Å². The highest BCUT2D eigenvalue weighted by Gasteiger charge is 2.55. The van der Waals surface area contributed by atoms with Crippen molar-refractivity contribution < 1.29 is 53.7 Å². The lowest BCUT2D eigenvalue weighted by molar-refractivity contribution is -0.199. The van der Waals surface area contributed by atoms with Crippen LogP contribution in [0.3, 0.4) is 0 Å². The number of fused-ring (bicyclic) bond motifs is 7. The molecule has 18 atom stereocenters. The van der Waals surface area contributed by atoms with Crippen LogP contribution in [0.2, 0.25) is 0 Å². The number of Topliss-reactive ketones (excluding diaryl/α,β-unsaturated/α-hetero) is 2. The Morgan fingerprint density at radius 2 is 1.57 bits per heavy atom. The Morgan fingerprint density at radius 3 is 2.34 bits per heavy atom. The lowest BCUT2D eigenvalue weighted by Crippen LogP contribution is -2.53. The maximum atomic E-state index is 14.0. The minimum atomic E-state index is -0.963.